The number of non-ortho nitro benzene ring substituents is 1. The van der Waals surface area contributed by atoms with Crippen LogP contribution in [0.4, 0.5) is 5.69 Å². The molecule has 2 aromatic rings. The third-order valence-corrected chi connectivity index (χ3v) is 4.98. The van der Waals surface area contributed by atoms with Crippen LogP contribution in [0.2, 0.25) is 0 Å². The molecular weight excluding hydrogens is 372 g/mol. The molecule has 0 saturated heterocycles. The Morgan fingerprint density at radius 1 is 1.25 bits per heavy atom. The number of nitro groups is 1. The van der Waals surface area contributed by atoms with Crippen molar-refractivity contribution in [3.05, 3.63) is 74.2 Å². The molecule has 124 valence electrons. The van der Waals surface area contributed by atoms with Crippen LogP contribution in [0.1, 0.15) is 36.9 Å². The molecule has 5 nitrogen and oxygen atoms in total. The van der Waals surface area contributed by atoms with E-state index in [4.69, 9.17) is 0 Å². The maximum absolute atomic E-state index is 12.8. The molecule has 3 rings (SSSR count). The smallest absolute Gasteiger partial charge is 0.269 e. The number of nitro benzene ring substituents is 1. The Morgan fingerprint density at radius 3 is 2.58 bits per heavy atom. The van der Waals surface area contributed by atoms with Gasteiger partial charge in [0.05, 0.1) is 16.4 Å². The quantitative estimate of drug-likeness (QED) is 0.613. The molecule has 1 saturated carbocycles. The van der Waals surface area contributed by atoms with Crippen LogP contribution < -0.4 is 5.32 Å². The number of benzene rings is 2. The summed E-state index contributed by atoms with van der Waals surface area (Å²) in [5, 5.41) is 13.9. The van der Waals surface area contributed by atoms with E-state index in [1.807, 2.05) is 31.2 Å². The average Bonchev–Trinajstić information content (AvgIpc) is 3.37. The van der Waals surface area contributed by atoms with E-state index in [1.165, 1.54) is 12.1 Å². The Morgan fingerprint density at radius 2 is 1.96 bits per heavy atom. The van der Waals surface area contributed by atoms with E-state index in [9.17, 15) is 14.9 Å². The third kappa shape index (κ3) is 3.19. The van der Waals surface area contributed by atoms with Crippen LogP contribution in [0.5, 0.6) is 0 Å². The van der Waals surface area contributed by atoms with E-state index in [0.717, 1.165) is 28.4 Å². The maximum Gasteiger partial charge on any atom is 0.269 e. The molecule has 2 aromatic carbocycles. The Balaban J connectivity index is 1.77. The number of carbonyl (C=O) groups excluding carboxylic acids is 1. The van der Waals surface area contributed by atoms with Gasteiger partial charge in [-0.2, -0.15) is 0 Å². The van der Waals surface area contributed by atoms with Crippen molar-refractivity contribution in [1.82, 2.24) is 5.32 Å². The zero-order valence-electron chi connectivity index (χ0n) is 13.2. The van der Waals surface area contributed by atoms with Gasteiger partial charge < -0.3 is 5.32 Å². The Hall–Kier alpha value is -2.21. The van der Waals surface area contributed by atoms with E-state index in [1.54, 1.807) is 12.1 Å². The lowest BCUT2D eigenvalue weighted by Gasteiger charge is -2.20. The second-order valence-electron chi connectivity index (χ2n) is 6.14. The predicted octanol–water partition coefficient (Wildman–Crippen LogP) is 4.27. The highest BCUT2D eigenvalue weighted by atomic mass is 79.9. The van der Waals surface area contributed by atoms with Crippen molar-refractivity contribution < 1.29 is 9.72 Å². The fourth-order valence-corrected chi connectivity index (χ4v) is 3.28. The second-order valence-corrected chi connectivity index (χ2v) is 7.06. The van der Waals surface area contributed by atoms with Crippen LogP contribution in [0.15, 0.2) is 53.0 Å². The second kappa shape index (κ2) is 6.36. The molecule has 1 N–H and O–H groups in total. The first-order valence-corrected chi connectivity index (χ1v) is 8.53. The Kier molecular flexibility index (Phi) is 4.41. The first-order chi connectivity index (χ1) is 11.4. The lowest BCUT2D eigenvalue weighted by molar-refractivity contribution is -0.384. The van der Waals surface area contributed by atoms with Gasteiger partial charge in [-0.3, -0.25) is 14.9 Å². The Bertz CT molecular complexity index is 802. The number of nitrogens with one attached hydrogen (secondary N) is 1. The number of rotatable bonds is 5. The molecule has 1 fully saturated rings. The summed E-state index contributed by atoms with van der Waals surface area (Å²) in [6, 6.07) is 13.9. The molecule has 0 spiro atoms. The van der Waals surface area contributed by atoms with Crippen molar-refractivity contribution in [1.29, 1.82) is 0 Å². The summed E-state index contributed by atoms with van der Waals surface area (Å²) in [6.07, 6.45) is 1.63. The van der Waals surface area contributed by atoms with Gasteiger partial charge in [0.1, 0.15) is 0 Å². The summed E-state index contributed by atoms with van der Waals surface area (Å²) >= 11 is 3.45. The summed E-state index contributed by atoms with van der Waals surface area (Å²) in [6.45, 7) is 1.84. The lowest BCUT2D eigenvalue weighted by Crippen LogP contribution is -2.36. The molecule has 1 aliphatic rings. The van der Waals surface area contributed by atoms with Crippen LogP contribution in [0, 0.1) is 10.1 Å². The topological polar surface area (TPSA) is 72.2 Å². The van der Waals surface area contributed by atoms with Gasteiger partial charge in [-0.05, 0) is 43.0 Å². The number of nitrogens with zero attached hydrogens (tertiary/aromatic N) is 1. The first kappa shape index (κ1) is 16.6. The Labute approximate surface area is 148 Å². The number of hydrogen-bond acceptors (Lipinski definition) is 3. The highest BCUT2D eigenvalue weighted by Gasteiger charge is 2.51. The lowest BCUT2D eigenvalue weighted by atomic mass is 9.94. The van der Waals surface area contributed by atoms with E-state index in [-0.39, 0.29) is 17.6 Å². The number of amides is 1. The van der Waals surface area contributed by atoms with Crippen molar-refractivity contribution in [2.24, 2.45) is 0 Å². The molecular formula is C18H17BrN2O3. The zero-order valence-corrected chi connectivity index (χ0v) is 14.7. The van der Waals surface area contributed by atoms with E-state index in [0.29, 0.717) is 0 Å². The summed E-state index contributed by atoms with van der Waals surface area (Å²) in [7, 11) is 0. The fraction of sp³-hybridized carbons (Fsp3) is 0.278. The molecule has 0 radical (unpaired) electrons. The van der Waals surface area contributed by atoms with Crippen molar-refractivity contribution in [3.63, 3.8) is 0 Å². The minimum absolute atomic E-state index is 0.0281. The van der Waals surface area contributed by atoms with Crippen molar-refractivity contribution in [2.75, 3.05) is 0 Å². The average molecular weight is 389 g/mol. The zero-order chi connectivity index (χ0) is 17.3. The summed E-state index contributed by atoms with van der Waals surface area (Å²) in [5.74, 6) is -0.0281. The number of carbonyl (C=O) groups is 1. The van der Waals surface area contributed by atoms with Crippen molar-refractivity contribution in [2.45, 2.75) is 31.2 Å². The summed E-state index contributed by atoms with van der Waals surface area (Å²) in [4.78, 5) is 23.3. The highest BCUT2D eigenvalue weighted by Crippen LogP contribution is 2.49. The SMILES string of the molecule is CC(NC(=O)C1(c2cccc(Br)c2)CC1)c1cccc([N+](=O)[O-])c1. The van der Waals surface area contributed by atoms with Gasteiger partial charge in [0, 0.05) is 16.6 Å². The first-order valence-electron chi connectivity index (χ1n) is 7.74. The number of hydrogen-bond donors (Lipinski definition) is 1. The molecule has 0 heterocycles. The normalized spacial score (nSPS) is 16.2. The minimum atomic E-state index is -0.473. The number of halogens is 1. The van der Waals surface area contributed by atoms with E-state index < -0.39 is 10.3 Å². The van der Waals surface area contributed by atoms with E-state index in [2.05, 4.69) is 21.2 Å². The van der Waals surface area contributed by atoms with Crippen LogP contribution in [0.25, 0.3) is 0 Å². The van der Waals surface area contributed by atoms with Crippen molar-refractivity contribution >= 4 is 27.5 Å². The van der Waals surface area contributed by atoms with E-state index >= 15 is 0 Å². The van der Waals surface area contributed by atoms with Gasteiger partial charge in [-0.15, -0.1) is 0 Å². The molecule has 6 heteroatoms. The van der Waals surface area contributed by atoms with Crippen LogP contribution in [0.3, 0.4) is 0 Å². The summed E-state index contributed by atoms with van der Waals surface area (Å²) in [5.41, 5.74) is 1.28. The maximum atomic E-state index is 12.8. The van der Waals surface area contributed by atoms with Gasteiger partial charge in [0.15, 0.2) is 0 Å². The van der Waals surface area contributed by atoms with Crippen molar-refractivity contribution in [3.8, 4) is 0 Å². The molecule has 1 atom stereocenters. The predicted molar refractivity (Wildman–Crippen MR) is 94.7 cm³/mol. The van der Waals surface area contributed by atoms with Gasteiger partial charge in [0.25, 0.3) is 5.69 Å². The standard InChI is InChI=1S/C18H17BrN2O3/c1-12(13-4-2-7-16(10-13)21(23)24)20-17(22)18(8-9-18)14-5-3-6-15(19)11-14/h2-7,10-12H,8-9H2,1H3,(H,20,22). The van der Waals surface area contributed by atoms with Gasteiger partial charge in [-0.25, -0.2) is 0 Å². The third-order valence-electron chi connectivity index (χ3n) is 4.49. The largest absolute Gasteiger partial charge is 0.349 e. The molecule has 24 heavy (non-hydrogen) atoms. The molecule has 0 bridgehead atoms. The van der Waals surface area contributed by atoms with Crippen LogP contribution in [-0.2, 0) is 10.2 Å². The monoisotopic (exact) mass is 388 g/mol. The van der Waals surface area contributed by atoms with Crippen LogP contribution in [-0.4, -0.2) is 10.8 Å². The van der Waals surface area contributed by atoms with Gasteiger partial charge in [0.2, 0.25) is 5.91 Å². The molecule has 1 amide bonds. The minimum Gasteiger partial charge on any atom is -0.349 e. The molecule has 0 aliphatic heterocycles. The van der Waals surface area contributed by atoms with Crippen LogP contribution >= 0.6 is 15.9 Å². The summed E-state index contributed by atoms with van der Waals surface area (Å²) < 4.78 is 0.950. The molecule has 1 aliphatic carbocycles. The van der Waals surface area contributed by atoms with Gasteiger partial charge in [-0.1, -0.05) is 40.2 Å². The fourth-order valence-electron chi connectivity index (χ4n) is 2.88. The molecule has 1 unspecified atom stereocenters. The molecule has 0 aromatic heterocycles. The highest BCUT2D eigenvalue weighted by molar-refractivity contribution is 9.10. The van der Waals surface area contributed by atoms with Gasteiger partial charge >= 0.3 is 0 Å².